The lowest BCUT2D eigenvalue weighted by Crippen LogP contribution is -2.38. The molecule has 0 fully saturated rings. The topological polar surface area (TPSA) is 61.8 Å². The molecule has 5 heteroatoms. The number of esters is 2. The van der Waals surface area contributed by atoms with Crippen LogP contribution in [0.25, 0.3) is 0 Å². The third-order valence-electron chi connectivity index (χ3n) is 3.42. The monoisotopic (exact) mass is 336 g/mol. The molecule has 0 heterocycles. The summed E-state index contributed by atoms with van der Waals surface area (Å²) >= 11 is 0. The maximum absolute atomic E-state index is 12.4. The van der Waals surface area contributed by atoms with E-state index in [9.17, 15) is 9.59 Å². The quantitative estimate of drug-likeness (QED) is 0.293. The van der Waals surface area contributed by atoms with Crippen LogP contribution in [0.5, 0.6) is 11.5 Å². The molecule has 0 spiro atoms. The van der Waals surface area contributed by atoms with Gasteiger partial charge in [-0.3, -0.25) is 9.59 Å². The Labute approximate surface area is 144 Å². The number of carbonyl (C=O) groups is 2. The molecule has 1 rings (SSSR count). The minimum atomic E-state index is -1.38. The summed E-state index contributed by atoms with van der Waals surface area (Å²) in [6.45, 7) is 9.16. The van der Waals surface area contributed by atoms with Crippen LogP contribution in [0.4, 0.5) is 0 Å². The van der Waals surface area contributed by atoms with E-state index in [1.54, 1.807) is 24.3 Å². The van der Waals surface area contributed by atoms with E-state index >= 15 is 0 Å². The predicted molar refractivity (Wildman–Crippen MR) is 92.1 cm³/mol. The van der Waals surface area contributed by atoms with Gasteiger partial charge < -0.3 is 14.2 Å². The number of hydrogen-bond acceptors (Lipinski definition) is 5. The van der Waals surface area contributed by atoms with Crippen molar-refractivity contribution in [3.8, 4) is 11.5 Å². The van der Waals surface area contributed by atoms with Crippen LogP contribution >= 0.6 is 0 Å². The summed E-state index contributed by atoms with van der Waals surface area (Å²) in [4.78, 5) is 24.6. The van der Waals surface area contributed by atoms with Crippen LogP contribution in [-0.4, -0.2) is 24.6 Å². The second-order valence-electron chi connectivity index (χ2n) is 6.47. The van der Waals surface area contributed by atoms with Gasteiger partial charge in [-0.05, 0) is 46.2 Å². The first-order valence-electron chi connectivity index (χ1n) is 8.44. The van der Waals surface area contributed by atoms with Crippen molar-refractivity contribution in [2.75, 3.05) is 6.61 Å². The van der Waals surface area contributed by atoms with E-state index in [4.69, 9.17) is 14.2 Å². The highest BCUT2D eigenvalue weighted by Crippen LogP contribution is 2.30. The lowest BCUT2D eigenvalue weighted by molar-refractivity contribution is -0.164. The molecule has 0 aliphatic rings. The maximum Gasteiger partial charge on any atom is 0.328 e. The van der Waals surface area contributed by atoms with Gasteiger partial charge in [0.15, 0.2) is 16.9 Å². The molecule has 0 saturated heterocycles. The van der Waals surface area contributed by atoms with Gasteiger partial charge >= 0.3 is 11.9 Å². The second-order valence-corrected chi connectivity index (χ2v) is 6.47. The molecule has 0 atom stereocenters. The smallest absolute Gasteiger partial charge is 0.328 e. The van der Waals surface area contributed by atoms with Crippen LogP contribution < -0.4 is 9.47 Å². The standard InChI is InChI=1S/C19H28O5/c1-6-7-10-13-22-17(20)19(4,5)18(21)24-16-12-9-8-11-15(16)23-14(2)3/h8-9,11-12,14H,6-7,10,13H2,1-5H3. The number of carbonyl (C=O) groups excluding carboxylic acids is 2. The Morgan fingerprint density at radius 2 is 1.67 bits per heavy atom. The van der Waals surface area contributed by atoms with Crippen molar-refractivity contribution < 1.29 is 23.8 Å². The number of benzene rings is 1. The van der Waals surface area contributed by atoms with E-state index in [-0.39, 0.29) is 6.10 Å². The average Bonchev–Trinajstić information content (AvgIpc) is 2.52. The molecule has 0 aliphatic carbocycles. The summed E-state index contributed by atoms with van der Waals surface area (Å²) in [5.74, 6) is -0.482. The van der Waals surface area contributed by atoms with Gasteiger partial charge in [0.2, 0.25) is 0 Å². The Kier molecular flexibility index (Phi) is 7.75. The van der Waals surface area contributed by atoms with Crippen LogP contribution in [0.2, 0.25) is 0 Å². The van der Waals surface area contributed by atoms with Gasteiger partial charge in [-0.2, -0.15) is 0 Å². The first-order valence-corrected chi connectivity index (χ1v) is 8.44. The molecule has 134 valence electrons. The van der Waals surface area contributed by atoms with Crippen molar-refractivity contribution in [2.24, 2.45) is 5.41 Å². The Hall–Kier alpha value is -2.04. The number of ether oxygens (including phenoxy) is 3. The minimum absolute atomic E-state index is 0.0543. The molecule has 0 saturated carbocycles. The fourth-order valence-electron chi connectivity index (χ4n) is 1.89. The van der Waals surface area contributed by atoms with Crippen molar-refractivity contribution in [3.63, 3.8) is 0 Å². The number of para-hydroxylation sites is 2. The molecular formula is C19H28O5. The normalized spacial score (nSPS) is 11.2. The molecule has 1 aromatic rings. The molecule has 0 N–H and O–H groups in total. The Morgan fingerprint density at radius 1 is 1.04 bits per heavy atom. The number of rotatable bonds is 9. The minimum Gasteiger partial charge on any atom is -0.487 e. The van der Waals surface area contributed by atoms with Crippen LogP contribution in [0.3, 0.4) is 0 Å². The van der Waals surface area contributed by atoms with E-state index in [1.807, 2.05) is 13.8 Å². The fraction of sp³-hybridized carbons (Fsp3) is 0.579. The van der Waals surface area contributed by atoms with Gasteiger partial charge in [0.25, 0.3) is 0 Å². The maximum atomic E-state index is 12.4. The highest BCUT2D eigenvalue weighted by Gasteiger charge is 2.40. The molecular weight excluding hydrogens is 308 g/mol. The molecule has 0 radical (unpaired) electrons. The molecule has 0 bridgehead atoms. The lowest BCUT2D eigenvalue weighted by atomic mass is 9.94. The molecule has 5 nitrogen and oxygen atoms in total. The van der Waals surface area contributed by atoms with Crippen molar-refractivity contribution in [1.82, 2.24) is 0 Å². The molecule has 0 aromatic heterocycles. The summed E-state index contributed by atoms with van der Waals surface area (Å²) in [7, 11) is 0. The van der Waals surface area contributed by atoms with Crippen molar-refractivity contribution >= 4 is 11.9 Å². The molecule has 0 aliphatic heterocycles. The van der Waals surface area contributed by atoms with E-state index in [0.29, 0.717) is 18.1 Å². The predicted octanol–water partition coefficient (Wildman–Crippen LogP) is 4.14. The number of hydrogen-bond donors (Lipinski definition) is 0. The summed E-state index contributed by atoms with van der Waals surface area (Å²) in [6.07, 6.45) is 2.76. The zero-order valence-electron chi connectivity index (χ0n) is 15.3. The molecule has 1 aromatic carbocycles. The summed E-state index contributed by atoms with van der Waals surface area (Å²) in [5, 5.41) is 0. The fourth-order valence-corrected chi connectivity index (χ4v) is 1.89. The highest BCUT2D eigenvalue weighted by molar-refractivity contribution is 6.00. The van der Waals surface area contributed by atoms with Gasteiger partial charge in [-0.1, -0.05) is 31.9 Å². The highest BCUT2D eigenvalue weighted by atomic mass is 16.6. The van der Waals surface area contributed by atoms with E-state index in [2.05, 4.69) is 6.92 Å². The molecule has 0 unspecified atom stereocenters. The number of unbranched alkanes of at least 4 members (excludes halogenated alkanes) is 2. The third kappa shape index (κ3) is 5.87. The molecule has 0 amide bonds. The van der Waals surface area contributed by atoms with Gasteiger partial charge in [0, 0.05) is 0 Å². The lowest BCUT2D eigenvalue weighted by Gasteiger charge is -2.21. The van der Waals surface area contributed by atoms with Gasteiger partial charge in [0.05, 0.1) is 12.7 Å². The van der Waals surface area contributed by atoms with E-state index < -0.39 is 17.4 Å². The van der Waals surface area contributed by atoms with Gasteiger partial charge in [0.1, 0.15) is 0 Å². The first-order chi connectivity index (χ1) is 11.3. The first kappa shape index (κ1) is 20.0. The van der Waals surface area contributed by atoms with Gasteiger partial charge in [-0.25, -0.2) is 0 Å². The van der Waals surface area contributed by atoms with Gasteiger partial charge in [-0.15, -0.1) is 0 Å². The molecule has 24 heavy (non-hydrogen) atoms. The summed E-state index contributed by atoms with van der Waals surface area (Å²) in [6, 6.07) is 6.89. The Morgan fingerprint density at radius 3 is 2.25 bits per heavy atom. The van der Waals surface area contributed by atoms with E-state index in [0.717, 1.165) is 19.3 Å². The third-order valence-corrected chi connectivity index (χ3v) is 3.42. The van der Waals surface area contributed by atoms with Crippen LogP contribution in [0, 0.1) is 5.41 Å². The second kappa shape index (κ2) is 9.30. The van der Waals surface area contributed by atoms with Crippen LogP contribution in [0.15, 0.2) is 24.3 Å². The van der Waals surface area contributed by atoms with Crippen molar-refractivity contribution in [3.05, 3.63) is 24.3 Å². The summed E-state index contributed by atoms with van der Waals surface area (Å²) < 4.78 is 16.2. The summed E-state index contributed by atoms with van der Waals surface area (Å²) in [5.41, 5.74) is -1.38. The van der Waals surface area contributed by atoms with Crippen molar-refractivity contribution in [2.45, 2.75) is 60.0 Å². The SMILES string of the molecule is CCCCCOC(=O)C(C)(C)C(=O)Oc1ccccc1OC(C)C. The Balaban J connectivity index is 2.73. The zero-order valence-corrected chi connectivity index (χ0v) is 15.3. The van der Waals surface area contributed by atoms with Crippen molar-refractivity contribution in [1.29, 1.82) is 0 Å². The zero-order chi connectivity index (χ0) is 18.2. The largest absolute Gasteiger partial charge is 0.487 e. The average molecular weight is 336 g/mol. The van der Waals surface area contributed by atoms with E-state index in [1.165, 1.54) is 13.8 Å². The Bertz CT molecular complexity index is 548. The van der Waals surface area contributed by atoms with Crippen LogP contribution in [0.1, 0.15) is 53.9 Å². The van der Waals surface area contributed by atoms with Crippen LogP contribution in [-0.2, 0) is 14.3 Å².